The number of hydrogen-bond acceptors (Lipinski definition) is 3. The van der Waals surface area contributed by atoms with Gasteiger partial charge in [0.25, 0.3) is 5.91 Å². The number of aromatic nitrogens is 2. The van der Waals surface area contributed by atoms with Gasteiger partial charge in [0, 0.05) is 6.54 Å². The van der Waals surface area contributed by atoms with E-state index in [4.69, 9.17) is 9.40 Å². The molecule has 0 saturated heterocycles. The van der Waals surface area contributed by atoms with E-state index in [9.17, 15) is 4.79 Å². The molecule has 0 bridgehead atoms. The fourth-order valence-electron chi connectivity index (χ4n) is 3.08. The number of rotatable bonds is 6. The topological polar surface area (TPSA) is 60.1 Å². The van der Waals surface area contributed by atoms with Crippen molar-refractivity contribution in [2.24, 2.45) is 0 Å². The van der Waals surface area contributed by atoms with Crippen LogP contribution in [0.4, 0.5) is 0 Å². The maximum atomic E-state index is 12.3. The van der Waals surface area contributed by atoms with Crippen LogP contribution in [0.3, 0.4) is 0 Å². The van der Waals surface area contributed by atoms with Gasteiger partial charge in [-0.1, -0.05) is 42.5 Å². The second-order valence-electron chi connectivity index (χ2n) is 6.19. The molecule has 2 aromatic heterocycles. The molecular formula is C21H18BrN3O2. The first-order chi connectivity index (χ1) is 13.2. The molecule has 0 fully saturated rings. The van der Waals surface area contributed by atoms with E-state index in [1.165, 1.54) is 5.56 Å². The molecule has 0 aliphatic rings. The summed E-state index contributed by atoms with van der Waals surface area (Å²) in [6, 6.07) is 21.7. The largest absolute Gasteiger partial charge is 0.444 e. The molecule has 1 amide bonds. The number of furan rings is 1. The summed E-state index contributed by atoms with van der Waals surface area (Å²) in [6.07, 6.45) is 0.896. The van der Waals surface area contributed by atoms with E-state index in [0.717, 1.165) is 29.8 Å². The number of amides is 1. The summed E-state index contributed by atoms with van der Waals surface area (Å²) in [5.41, 5.74) is 3.26. The van der Waals surface area contributed by atoms with Crippen LogP contribution in [-0.2, 0) is 19.5 Å². The molecule has 0 spiro atoms. The van der Waals surface area contributed by atoms with Crippen LogP contribution < -0.4 is 5.32 Å². The minimum atomic E-state index is -0.262. The van der Waals surface area contributed by atoms with Crippen LogP contribution in [0.1, 0.15) is 21.9 Å². The van der Waals surface area contributed by atoms with Crippen LogP contribution in [-0.4, -0.2) is 15.5 Å². The molecule has 6 heteroatoms. The molecule has 5 nitrogen and oxygen atoms in total. The molecule has 4 aromatic rings. The predicted molar refractivity (Wildman–Crippen MR) is 107 cm³/mol. The van der Waals surface area contributed by atoms with Gasteiger partial charge in [-0.15, -0.1) is 0 Å². The summed E-state index contributed by atoms with van der Waals surface area (Å²) in [7, 11) is 0. The number of carbonyl (C=O) groups is 1. The van der Waals surface area contributed by atoms with Crippen LogP contribution in [0.5, 0.6) is 0 Å². The Kier molecular flexibility index (Phi) is 5.07. The zero-order chi connectivity index (χ0) is 18.6. The minimum Gasteiger partial charge on any atom is -0.444 e. The first kappa shape index (κ1) is 17.5. The Morgan fingerprint density at radius 1 is 1.04 bits per heavy atom. The highest BCUT2D eigenvalue weighted by Crippen LogP contribution is 2.18. The van der Waals surface area contributed by atoms with E-state index < -0.39 is 0 Å². The third kappa shape index (κ3) is 3.95. The molecule has 2 aromatic carbocycles. The van der Waals surface area contributed by atoms with E-state index in [1.807, 2.05) is 36.4 Å². The lowest BCUT2D eigenvalue weighted by Crippen LogP contribution is -2.24. The molecule has 136 valence electrons. The van der Waals surface area contributed by atoms with E-state index in [0.29, 0.717) is 11.2 Å². The van der Waals surface area contributed by atoms with Crippen LogP contribution in [0, 0.1) is 0 Å². The van der Waals surface area contributed by atoms with Crippen molar-refractivity contribution in [1.29, 1.82) is 0 Å². The molecule has 0 aliphatic heterocycles. The number of benzene rings is 2. The van der Waals surface area contributed by atoms with Gasteiger partial charge in [-0.3, -0.25) is 4.79 Å². The smallest absolute Gasteiger partial charge is 0.287 e. The van der Waals surface area contributed by atoms with E-state index in [-0.39, 0.29) is 11.7 Å². The Hall–Kier alpha value is -2.86. The summed E-state index contributed by atoms with van der Waals surface area (Å²) in [5, 5.41) is 2.89. The molecule has 1 N–H and O–H groups in total. The molecule has 27 heavy (non-hydrogen) atoms. The lowest BCUT2D eigenvalue weighted by Gasteiger charge is -2.10. The molecule has 0 saturated carbocycles. The number of nitrogens with zero attached hydrogens (tertiary/aromatic N) is 2. The Balaban J connectivity index is 1.55. The van der Waals surface area contributed by atoms with Crippen LogP contribution in [0.25, 0.3) is 11.0 Å². The summed E-state index contributed by atoms with van der Waals surface area (Å²) < 4.78 is 8.00. The number of carbonyl (C=O) groups excluding carboxylic acids is 1. The van der Waals surface area contributed by atoms with Crippen molar-refractivity contribution in [2.75, 3.05) is 0 Å². The summed E-state index contributed by atoms with van der Waals surface area (Å²) in [6.45, 7) is 1.13. The van der Waals surface area contributed by atoms with Gasteiger partial charge in [-0.2, -0.15) is 0 Å². The fraction of sp³-hybridized carbons (Fsp3) is 0.143. The van der Waals surface area contributed by atoms with Gasteiger partial charge in [0.2, 0.25) is 0 Å². The lowest BCUT2D eigenvalue weighted by atomic mass is 10.1. The average Bonchev–Trinajstić information content (AvgIpc) is 3.28. The van der Waals surface area contributed by atoms with Crippen LogP contribution >= 0.6 is 15.9 Å². The fourth-order valence-corrected chi connectivity index (χ4v) is 3.38. The van der Waals surface area contributed by atoms with E-state index in [1.54, 1.807) is 12.1 Å². The molecule has 0 aliphatic carbocycles. The normalized spacial score (nSPS) is 11.0. The Morgan fingerprint density at radius 3 is 2.59 bits per heavy atom. The highest BCUT2D eigenvalue weighted by Gasteiger charge is 2.14. The van der Waals surface area contributed by atoms with Crippen molar-refractivity contribution in [1.82, 2.24) is 14.9 Å². The molecule has 2 heterocycles. The zero-order valence-corrected chi connectivity index (χ0v) is 16.1. The lowest BCUT2D eigenvalue weighted by molar-refractivity contribution is 0.0920. The SMILES string of the molecule is O=C(NCc1nc2ccccc2n1CCc1ccccc1)c1ccc(Br)o1. The molecular weight excluding hydrogens is 406 g/mol. The average molecular weight is 424 g/mol. The van der Waals surface area contributed by atoms with Crippen molar-refractivity contribution >= 4 is 32.9 Å². The van der Waals surface area contributed by atoms with Gasteiger partial charge in [0.1, 0.15) is 5.82 Å². The first-order valence-electron chi connectivity index (χ1n) is 8.72. The highest BCUT2D eigenvalue weighted by atomic mass is 79.9. The number of hydrogen-bond donors (Lipinski definition) is 1. The number of halogens is 1. The Labute approximate surface area is 165 Å². The van der Waals surface area contributed by atoms with Crippen molar-refractivity contribution in [2.45, 2.75) is 19.5 Å². The quantitative estimate of drug-likeness (QED) is 0.494. The van der Waals surface area contributed by atoms with Gasteiger partial charge in [0.05, 0.1) is 17.6 Å². The maximum absolute atomic E-state index is 12.3. The standard InChI is InChI=1S/C21H18BrN3O2/c22-19-11-10-18(27-19)21(26)23-14-20-24-16-8-4-5-9-17(16)25(20)13-12-15-6-2-1-3-7-15/h1-11H,12-14H2,(H,23,26). The van der Waals surface area contributed by atoms with Crippen molar-refractivity contribution in [3.05, 3.63) is 88.5 Å². The maximum Gasteiger partial charge on any atom is 0.287 e. The second kappa shape index (κ2) is 7.80. The summed E-state index contributed by atoms with van der Waals surface area (Å²) in [4.78, 5) is 17.0. The van der Waals surface area contributed by atoms with Gasteiger partial charge >= 0.3 is 0 Å². The molecule has 0 atom stereocenters. The Morgan fingerprint density at radius 2 is 1.81 bits per heavy atom. The minimum absolute atomic E-state index is 0.262. The van der Waals surface area contributed by atoms with Crippen LogP contribution in [0.2, 0.25) is 0 Å². The van der Waals surface area contributed by atoms with Crippen molar-refractivity contribution < 1.29 is 9.21 Å². The van der Waals surface area contributed by atoms with E-state index >= 15 is 0 Å². The van der Waals surface area contributed by atoms with Gasteiger partial charge in [-0.25, -0.2) is 4.98 Å². The number of fused-ring (bicyclic) bond motifs is 1. The Bertz CT molecular complexity index is 1070. The number of imidazole rings is 1. The first-order valence-corrected chi connectivity index (χ1v) is 9.51. The molecule has 4 rings (SSSR count). The monoisotopic (exact) mass is 423 g/mol. The van der Waals surface area contributed by atoms with Gasteiger partial charge in [-0.05, 0) is 52.2 Å². The second-order valence-corrected chi connectivity index (χ2v) is 6.97. The van der Waals surface area contributed by atoms with Gasteiger partial charge in [0.15, 0.2) is 10.4 Å². The third-order valence-electron chi connectivity index (χ3n) is 4.40. The molecule has 0 radical (unpaired) electrons. The summed E-state index contributed by atoms with van der Waals surface area (Å²) in [5.74, 6) is 0.835. The van der Waals surface area contributed by atoms with Crippen LogP contribution in [0.15, 0.2) is 75.8 Å². The van der Waals surface area contributed by atoms with Crippen molar-refractivity contribution in [3.8, 4) is 0 Å². The number of nitrogens with one attached hydrogen (secondary N) is 1. The summed E-state index contributed by atoms with van der Waals surface area (Å²) >= 11 is 3.21. The number of aryl methyl sites for hydroxylation is 2. The van der Waals surface area contributed by atoms with Gasteiger partial charge < -0.3 is 14.3 Å². The number of para-hydroxylation sites is 2. The highest BCUT2D eigenvalue weighted by molar-refractivity contribution is 9.10. The third-order valence-corrected chi connectivity index (χ3v) is 4.83. The van der Waals surface area contributed by atoms with E-state index in [2.05, 4.69) is 44.0 Å². The zero-order valence-electron chi connectivity index (χ0n) is 14.6. The predicted octanol–water partition coefficient (Wildman–Crippen LogP) is 4.56. The molecule has 0 unspecified atom stereocenters. The van der Waals surface area contributed by atoms with Crippen molar-refractivity contribution in [3.63, 3.8) is 0 Å².